The van der Waals surface area contributed by atoms with Gasteiger partial charge in [0.2, 0.25) is 0 Å². The van der Waals surface area contributed by atoms with Crippen molar-refractivity contribution in [3.05, 3.63) is 12.2 Å². The Bertz CT molecular complexity index is 565. The summed E-state index contributed by atoms with van der Waals surface area (Å²) in [6.07, 6.45) is 2.84. The number of amides is 1. The molecule has 0 aromatic carbocycles. The number of nitrogens with zero attached hydrogens (tertiary/aromatic N) is 3. The number of hydrogen-bond donors (Lipinski definition) is 2. The van der Waals surface area contributed by atoms with Crippen LogP contribution in [0.4, 0.5) is 0 Å². The Morgan fingerprint density at radius 1 is 0.900 bits per heavy atom. The van der Waals surface area contributed by atoms with Crippen LogP contribution in [-0.2, 0) is 9.59 Å². The minimum atomic E-state index is -0.335. The van der Waals surface area contributed by atoms with E-state index in [4.69, 9.17) is 0 Å². The van der Waals surface area contributed by atoms with Gasteiger partial charge in [0, 0.05) is 19.4 Å². The van der Waals surface area contributed by atoms with Crippen molar-refractivity contribution >= 4 is 11.7 Å². The summed E-state index contributed by atoms with van der Waals surface area (Å²) >= 11 is 0. The van der Waals surface area contributed by atoms with Gasteiger partial charge in [0.25, 0.3) is 5.91 Å². The molecule has 0 heterocycles. The average Bonchev–Trinajstić information content (AvgIpc) is 2.52. The Hall–Kier alpha value is -1.28. The summed E-state index contributed by atoms with van der Waals surface area (Å²) < 4.78 is 2.10. The number of carbonyl (C=O) groups excluding carboxylic acids is 2. The summed E-state index contributed by atoms with van der Waals surface area (Å²) in [5.41, 5.74) is 0.618. The number of quaternary nitrogens is 3. The second-order valence-electron chi connectivity index (χ2n) is 11.2. The molecule has 0 saturated carbocycles. The number of allylic oxidation sites excluding steroid dienone is 1. The molecule has 0 bridgehead atoms. The number of unbranched alkanes of at least 4 members (excludes halogenated alkanes) is 1. The first-order valence-electron chi connectivity index (χ1n) is 11.1. The molecule has 1 atom stereocenters. The van der Waals surface area contributed by atoms with Crippen LogP contribution in [0.15, 0.2) is 12.2 Å². The van der Waals surface area contributed by atoms with Crippen molar-refractivity contribution in [3.63, 3.8) is 0 Å². The van der Waals surface area contributed by atoms with Gasteiger partial charge in [-0.25, -0.2) is 0 Å². The largest absolute Gasteiger partial charge is 0.382 e. The third kappa shape index (κ3) is 15.5. The van der Waals surface area contributed by atoms with Crippen LogP contribution in [0.2, 0.25) is 0 Å². The number of Topliss-reactive ketones (excluding diaryl/α,β-unsaturated/α-hetero) is 1. The van der Waals surface area contributed by atoms with Crippen LogP contribution < -0.4 is 5.32 Å². The van der Waals surface area contributed by atoms with E-state index in [0.29, 0.717) is 36.1 Å². The number of ketones is 1. The number of hydrogen-bond acceptors (Lipinski definition) is 3. The lowest BCUT2D eigenvalue weighted by atomic mass is 10.1. The number of rotatable bonds is 16. The predicted molar refractivity (Wildman–Crippen MR) is 124 cm³/mol. The molecular weight excluding hydrogens is 380 g/mol. The molecule has 0 fully saturated rings. The molecule has 0 aliphatic carbocycles. The minimum absolute atomic E-state index is 0.0633. The second-order valence-corrected chi connectivity index (χ2v) is 11.2. The van der Waals surface area contributed by atoms with Crippen molar-refractivity contribution in [1.29, 1.82) is 0 Å². The molecule has 0 saturated heterocycles. The zero-order valence-electron chi connectivity index (χ0n) is 21.0. The van der Waals surface area contributed by atoms with Crippen molar-refractivity contribution in [3.8, 4) is 0 Å². The fourth-order valence-electron chi connectivity index (χ4n) is 3.65. The van der Waals surface area contributed by atoms with Crippen molar-refractivity contribution in [2.24, 2.45) is 0 Å². The van der Waals surface area contributed by atoms with E-state index < -0.39 is 0 Å². The van der Waals surface area contributed by atoms with Gasteiger partial charge in [-0.1, -0.05) is 6.58 Å². The van der Waals surface area contributed by atoms with Crippen LogP contribution in [0.1, 0.15) is 32.6 Å². The molecule has 176 valence electrons. The first-order valence-corrected chi connectivity index (χ1v) is 11.1. The summed E-state index contributed by atoms with van der Waals surface area (Å²) in [5.74, 6) is 0.192. The maximum atomic E-state index is 12.3. The monoisotopic (exact) mass is 429 g/mol. The number of aliphatic hydroxyl groups excluding tert-OH is 1. The molecule has 0 radical (unpaired) electrons. The summed E-state index contributed by atoms with van der Waals surface area (Å²) in [4.78, 5) is 23.9. The van der Waals surface area contributed by atoms with Gasteiger partial charge in [0.05, 0.1) is 62.4 Å². The molecule has 7 heteroatoms. The lowest BCUT2D eigenvalue weighted by Gasteiger charge is -2.34. The molecule has 1 unspecified atom stereocenters. The maximum absolute atomic E-state index is 12.3. The summed E-state index contributed by atoms with van der Waals surface area (Å²) in [5, 5.41) is 13.3. The molecule has 0 aromatic heterocycles. The molecule has 7 nitrogen and oxygen atoms in total. The zero-order chi connectivity index (χ0) is 23.6. The van der Waals surface area contributed by atoms with Gasteiger partial charge < -0.3 is 23.9 Å². The fourth-order valence-corrected chi connectivity index (χ4v) is 3.65. The Balaban J connectivity index is 4.11. The van der Waals surface area contributed by atoms with Crippen LogP contribution in [-0.4, -0.2) is 125 Å². The normalized spacial score (nSPS) is 13.8. The Morgan fingerprint density at radius 3 is 2.00 bits per heavy atom. The number of aliphatic hydroxyl groups is 1. The number of likely N-dealkylation sites (N-methyl/N-ethyl adjacent to an activating group) is 3. The molecule has 0 aliphatic rings. The first kappa shape index (κ1) is 28.7. The van der Waals surface area contributed by atoms with E-state index in [1.54, 1.807) is 6.92 Å². The molecule has 0 aromatic rings. The maximum Gasteiger partial charge on any atom is 0.275 e. The highest BCUT2D eigenvalue weighted by atomic mass is 16.3. The second kappa shape index (κ2) is 12.5. The molecule has 2 N–H and O–H groups in total. The van der Waals surface area contributed by atoms with Gasteiger partial charge in [0.1, 0.15) is 13.1 Å². The third-order valence-electron chi connectivity index (χ3n) is 5.19. The lowest BCUT2D eigenvalue weighted by Crippen LogP contribution is -2.52. The van der Waals surface area contributed by atoms with Gasteiger partial charge in [-0.15, -0.1) is 0 Å². The van der Waals surface area contributed by atoms with Gasteiger partial charge in [0.15, 0.2) is 18.4 Å². The van der Waals surface area contributed by atoms with Gasteiger partial charge >= 0.3 is 0 Å². The summed E-state index contributed by atoms with van der Waals surface area (Å²) in [6.45, 7) is 9.73. The van der Waals surface area contributed by atoms with Gasteiger partial charge in [-0.05, 0) is 25.3 Å². The van der Waals surface area contributed by atoms with E-state index >= 15 is 0 Å². The Labute approximate surface area is 185 Å². The van der Waals surface area contributed by atoms with Crippen LogP contribution in [0.3, 0.4) is 0 Å². The number of carbonyl (C=O) groups is 2. The third-order valence-corrected chi connectivity index (χ3v) is 5.19. The van der Waals surface area contributed by atoms with Crippen LogP contribution in [0.5, 0.6) is 0 Å². The highest BCUT2D eigenvalue weighted by Crippen LogP contribution is 2.07. The molecule has 0 aliphatic heterocycles. The van der Waals surface area contributed by atoms with Crippen LogP contribution in [0.25, 0.3) is 0 Å². The molecule has 0 spiro atoms. The van der Waals surface area contributed by atoms with E-state index in [9.17, 15) is 14.7 Å². The van der Waals surface area contributed by atoms with Gasteiger partial charge in [-0.2, -0.15) is 0 Å². The van der Waals surface area contributed by atoms with E-state index in [0.717, 1.165) is 47.9 Å². The zero-order valence-corrected chi connectivity index (χ0v) is 21.0. The minimum Gasteiger partial charge on any atom is -0.382 e. The smallest absolute Gasteiger partial charge is 0.275 e. The Kier molecular flexibility index (Phi) is 12.0. The molecule has 1 amide bonds. The fraction of sp³-hybridized carbons (Fsp3) is 0.826. The first-order chi connectivity index (χ1) is 13.5. The van der Waals surface area contributed by atoms with E-state index in [1.165, 1.54) is 0 Å². The van der Waals surface area contributed by atoms with Crippen molar-refractivity contribution in [2.75, 3.05) is 88.6 Å². The molecule has 30 heavy (non-hydrogen) atoms. The van der Waals surface area contributed by atoms with E-state index in [2.05, 4.69) is 61.2 Å². The van der Waals surface area contributed by atoms with Crippen molar-refractivity contribution in [2.45, 2.75) is 38.7 Å². The summed E-state index contributed by atoms with van der Waals surface area (Å²) in [6, 6.07) is 0. The average molecular weight is 430 g/mol. The van der Waals surface area contributed by atoms with Crippen LogP contribution >= 0.6 is 0 Å². The molecular formula is C23H49N4O3+3. The van der Waals surface area contributed by atoms with E-state index in [-0.39, 0.29) is 17.8 Å². The quantitative estimate of drug-likeness (QED) is 0.219. The van der Waals surface area contributed by atoms with Gasteiger partial charge in [-0.3, -0.25) is 9.59 Å². The summed E-state index contributed by atoms with van der Waals surface area (Å²) in [7, 11) is 14.6. The topological polar surface area (TPSA) is 66.4 Å². The van der Waals surface area contributed by atoms with E-state index in [1.807, 2.05) is 0 Å². The predicted octanol–water partition coefficient (Wildman–Crippen LogP) is 1.03. The SMILES string of the molecule is C=C(C)C(=O)CCCC[N+](C)(C)CC(=O)NCCC[N+](C)(C)CC(O)C[N+](C)(C)C. The van der Waals surface area contributed by atoms with Crippen molar-refractivity contribution in [1.82, 2.24) is 5.32 Å². The molecule has 0 rings (SSSR count). The number of nitrogens with one attached hydrogen (secondary N) is 1. The van der Waals surface area contributed by atoms with Crippen molar-refractivity contribution < 1.29 is 28.1 Å². The highest BCUT2D eigenvalue weighted by molar-refractivity contribution is 5.93. The highest BCUT2D eigenvalue weighted by Gasteiger charge is 2.25. The standard InChI is InChI=1S/C23H48N4O3/c1-20(2)22(29)13-10-11-15-27(8,9)19-23(30)24-14-12-16-26(6,7)18-21(28)17-25(3,4)5/h21,28H,1,10-19H2,2-9H3/q+2/p+1. The Morgan fingerprint density at radius 2 is 1.47 bits per heavy atom. The van der Waals surface area contributed by atoms with Crippen LogP contribution in [0, 0.1) is 0 Å². The lowest BCUT2D eigenvalue weighted by molar-refractivity contribution is -0.907.